The van der Waals surface area contributed by atoms with E-state index >= 15 is 0 Å². The van der Waals surface area contributed by atoms with Crippen molar-refractivity contribution in [3.8, 4) is 0 Å². The maximum absolute atomic E-state index is 12.8. The number of fused-ring (bicyclic) bond motifs is 1. The molecule has 0 spiro atoms. The van der Waals surface area contributed by atoms with E-state index in [1.165, 1.54) is 25.9 Å². The number of hydrogen-bond donors (Lipinski definition) is 1. The van der Waals surface area contributed by atoms with Gasteiger partial charge >= 0.3 is 0 Å². The van der Waals surface area contributed by atoms with Gasteiger partial charge in [0.1, 0.15) is 0 Å². The molecule has 0 aliphatic carbocycles. The number of hydrogen-bond acceptors (Lipinski definition) is 3. The highest BCUT2D eigenvalue weighted by Crippen LogP contribution is 2.25. The number of benzene rings is 1. The van der Waals surface area contributed by atoms with Gasteiger partial charge in [-0.05, 0) is 45.8 Å². The molecule has 1 N–H and O–H groups in total. The van der Waals surface area contributed by atoms with Crippen LogP contribution in [0.1, 0.15) is 43.1 Å². The molecule has 0 atom stereocenters. The molecule has 0 amide bonds. The number of nitrogens with one attached hydrogen (secondary N) is 1. The van der Waals surface area contributed by atoms with Crippen LogP contribution in [0.5, 0.6) is 0 Å². The number of nitrogens with zero attached hydrogens (tertiary/aromatic N) is 2. The fourth-order valence-electron chi connectivity index (χ4n) is 3.43. The summed E-state index contributed by atoms with van der Waals surface area (Å²) in [5.41, 5.74) is 2.32. The molecule has 0 saturated carbocycles. The third kappa shape index (κ3) is 3.39. The molecule has 1 aromatic heterocycles. The molecule has 2 heterocycles. The van der Waals surface area contributed by atoms with Gasteiger partial charge in [-0.3, -0.25) is 4.79 Å². The first-order valence-corrected chi connectivity index (χ1v) is 8.87. The highest BCUT2D eigenvalue weighted by Gasteiger charge is 2.18. The summed E-state index contributed by atoms with van der Waals surface area (Å²) in [4.78, 5) is 15.3. The molecular formula is C20H27N3O. The van der Waals surface area contributed by atoms with E-state index in [0.29, 0.717) is 11.7 Å². The lowest BCUT2D eigenvalue weighted by Gasteiger charge is -2.15. The molecule has 1 fully saturated rings. The van der Waals surface area contributed by atoms with Gasteiger partial charge in [0.2, 0.25) is 5.78 Å². The van der Waals surface area contributed by atoms with Crippen LogP contribution >= 0.6 is 0 Å². The van der Waals surface area contributed by atoms with Crippen LogP contribution in [0, 0.1) is 0 Å². The van der Waals surface area contributed by atoms with E-state index in [1.807, 2.05) is 24.4 Å². The van der Waals surface area contributed by atoms with E-state index in [1.54, 1.807) is 0 Å². The van der Waals surface area contributed by atoms with E-state index in [9.17, 15) is 4.79 Å². The second kappa shape index (κ2) is 7.22. The van der Waals surface area contributed by atoms with Crippen molar-refractivity contribution in [2.75, 3.05) is 26.2 Å². The summed E-state index contributed by atoms with van der Waals surface area (Å²) in [6.07, 6.45) is 4.54. The van der Waals surface area contributed by atoms with Crippen molar-refractivity contribution < 1.29 is 4.79 Å². The highest BCUT2D eigenvalue weighted by molar-refractivity contribution is 6.15. The number of carbonyl (C=O) groups is 1. The topological polar surface area (TPSA) is 37.3 Å². The average molecular weight is 325 g/mol. The number of carbonyl (C=O) groups excluding carboxylic acids is 1. The minimum Gasteiger partial charge on any atom is -0.381 e. The van der Waals surface area contributed by atoms with Crippen molar-refractivity contribution in [1.82, 2.24) is 14.8 Å². The van der Waals surface area contributed by atoms with E-state index in [0.717, 1.165) is 29.6 Å². The lowest BCUT2D eigenvalue weighted by Crippen LogP contribution is -2.31. The fourth-order valence-corrected chi connectivity index (χ4v) is 3.43. The maximum atomic E-state index is 12.8. The summed E-state index contributed by atoms with van der Waals surface area (Å²) in [6, 6.07) is 8.38. The van der Waals surface area contributed by atoms with Gasteiger partial charge in [-0.1, -0.05) is 24.8 Å². The van der Waals surface area contributed by atoms with E-state index in [-0.39, 0.29) is 5.78 Å². The number of likely N-dealkylation sites (tertiary alicyclic amines) is 1. The minimum absolute atomic E-state index is 0.00739. The number of ketones is 1. The molecule has 4 nitrogen and oxygen atoms in total. The molecule has 24 heavy (non-hydrogen) atoms. The molecule has 1 aliphatic rings. The zero-order chi connectivity index (χ0) is 17.1. The summed E-state index contributed by atoms with van der Waals surface area (Å²) in [6.45, 7) is 12.3. The van der Waals surface area contributed by atoms with Crippen molar-refractivity contribution >= 4 is 16.7 Å². The van der Waals surface area contributed by atoms with Crippen molar-refractivity contribution in [2.45, 2.75) is 32.7 Å². The Morgan fingerprint density at radius 2 is 1.96 bits per heavy atom. The van der Waals surface area contributed by atoms with Gasteiger partial charge in [0.25, 0.3) is 0 Å². The zero-order valence-corrected chi connectivity index (χ0v) is 14.7. The Morgan fingerprint density at radius 1 is 1.25 bits per heavy atom. The summed E-state index contributed by atoms with van der Waals surface area (Å²) < 4.78 is 2.15. The van der Waals surface area contributed by atoms with Crippen molar-refractivity contribution in [1.29, 1.82) is 0 Å². The second-order valence-electron chi connectivity index (χ2n) is 6.84. The number of para-hydroxylation sites is 1. The maximum Gasteiger partial charge on any atom is 0.210 e. The number of allylic oxidation sites excluding steroid dienone is 1. The van der Waals surface area contributed by atoms with Crippen LogP contribution < -0.4 is 5.32 Å². The molecular weight excluding hydrogens is 298 g/mol. The van der Waals surface area contributed by atoms with E-state index < -0.39 is 0 Å². The summed E-state index contributed by atoms with van der Waals surface area (Å²) in [5.74, 6) is -0.00739. The quantitative estimate of drug-likeness (QED) is 0.624. The van der Waals surface area contributed by atoms with Gasteiger partial charge in [-0.2, -0.15) is 0 Å². The Balaban J connectivity index is 1.72. The van der Waals surface area contributed by atoms with Crippen molar-refractivity contribution in [2.24, 2.45) is 0 Å². The number of rotatable bonds is 7. The van der Waals surface area contributed by atoms with Gasteiger partial charge < -0.3 is 14.8 Å². The summed E-state index contributed by atoms with van der Waals surface area (Å²) in [7, 11) is 0. The van der Waals surface area contributed by atoms with Crippen LogP contribution in [-0.4, -0.2) is 41.4 Å². The van der Waals surface area contributed by atoms with Gasteiger partial charge in [0.05, 0.1) is 5.70 Å². The molecule has 1 aromatic carbocycles. The normalized spacial score (nSPS) is 15.3. The first-order valence-electron chi connectivity index (χ1n) is 8.87. The Labute approximate surface area is 144 Å². The van der Waals surface area contributed by atoms with Crippen LogP contribution in [0.2, 0.25) is 0 Å². The fraction of sp³-hybridized carbons (Fsp3) is 0.450. The molecule has 0 bridgehead atoms. The summed E-state index contributed by atoms with van der Waals surface area (Å²) >= 11 is 0. The van der Waals surface area contributed by atoms with Gasteiger partial charge in [0.15, 0.2) is 0 Å². The highest BCUT2D eigenvalue weighted by atomic mass is 16.1. The molecule has 0 radical (unpaired) electrons. The van der Waals surface area contributed by atoms with Crippen molar-refractivity contribution in [3.63, 3.8) is 0 Å². The Morgan fingerprint density at radius 3 is 2.67 bits per heavy atom. The molecule has 2 aromatic rings. The Hall–Kier alpha value is -2.07. The minimum atomic E-state index is -0.00739. The first-order chi connectivity index (χ1) is 11.6. The third-order valence-corrected chi connectivity index (χ3v) is 4.78. The van der Waals surface area contributed by atoms with Crippen LogP contribution in [-0.2, 0) is 0 Å². The zero-order valence-electron chi connectivity index (χ0n) is 14.7. The van der Waals surface area contributed by atoms with Crippen molar-refractivity contribution in [3.05, 3.63) is 48.3 Å². The average Bonchev–Trinajstić information content (AvgIpc) is 3.21. The predicted octanol–water partition coefficient (Wildman–Crippen LogP) is 3.60. The van der Waals surface area contributed by atoms with Gasteiger partial charge in [0, 0.05) is 41.8 Å². The summed E-state index contributed by atoms with van der Waals surface area (Å²) in [5, 5.41) is 4.21. The van der Waals surface area contributed by atoms with Crippen LogP contribution in [0.15, 0.2) is 42.7 Å². The number of aromatic nitrogens is 1. The smallest absolute Gasteiger partial charge is 0.210 e. The second-order valence-corrected chi connectivity index (χ2v) is 6.84. The molecule has 128 valence electrons. The lowest BCUT2D eigenvalue weighted by atomic mass is 10.1. The standard InChI is InChI=1S/C20H27N3O/c1-15(2)23-14-18(17-8-4-5-9-19(17)23)20(24)16(3)21-10-13-22-11-6-7-12-22/h4-5,8-9,14-15,21H,3,6-7,10-13H2,1-2H3. The van der Waals surface area contributed by atoms with Gasteiger partial charge in [-0.25, -0.2) is 0 Å². The van der Waals surface area contributed by atoms with Gasteiger partial charge in [-0.15, -0.1) is 0 Å². The first kappa shape index (κ1) is 16.8. The molecule has 4 heteroatoms. The van der Waals surface area contributed by atoms with Crippen LogP contribution in [0.4, 0.5) is 0 Å². The largest absolute Gasteiger partial charge is 0.381 e. The SMILES string of the molecule is C=C(NCCN1CCCC1)C(=O)c1cn(C(C)C)c2ccccc12. The van der Waals surface area contributed by atoms with E-state index in [4.69, 9.17) is 0 Å². The molecule has 1 saturated heterocycles. The third-order valence-electron chi connectivity index (χ3n) is 4.78. The molecule has 3 rings (SSSR count). The predicted molar refractivity (Wildman–Crippen MR) is 99.5 cm³/mol. The van der Waals surface area contributed by atoms with E-state index in [2.05, 4.69) is 41.3 Å². The lowest BCUT2D eigenvalue weighted by molar-refractivity contribution is 0.102. The monoisotopic (exact) mass is 325 g/mol. The molecule has 0 unspecified atom stereocenters. The van der Waals surface area contributed by atoms with Crippen LogP contribution in [0.3, 0.4) is 0 Å². The van der Waals surface area contributed by atoms with Crippen LogP contribution in [0.25, 0.3) is 10.9 Å². The number of Topliss-reactive ketones (excluding diaryl/α,β-unsaturated/α-hetero) is 1. The Bertz CT molecular complexity index is 738. The Kier molecular flexibility index (Phi) is 5.05. The molecule has 1 aliphatic heterocycles.